The lowest BCUT2D eigenvalue weighted by atomic mass is 9.83. The van der Waals surface area contributed by atoms with Crippen molar-refractivity contribution in [3.8, 4) is 0 Å². The van der Waals surface area contributed by atoms with Crippen LogP contribution in [0, 0.1) is 11.3 Å². The van der Waals surface area contributed by atoms with Crippen molar-refractivity contribution in [2.24, 2.45) is 16.5 Å². The molecule has 5 nitrogen and oxygen atoms in total. The van der Waals surface area contributed by atoms with Crippen LogP contribution in [-0.2, 0) is 19.5 Å². The first kappa shape index (κ1) is 18.9. The summed E-state index contributed by atoms with van der Waals surface area (Å²) in [7, 11) is -3.47. The largest absolute Gasteiger partial charge is 0.379 e. The molecule has 0 bridgehead atoms. The van der Waals surface area contributed by atoms with Crippen molar-refractivity contribution < 1.29 is 17.9 Å². The van der Waals surface area contributed by atoms with Crippen LogP contribution in [0.1, 0.15) is 52.4 Å². The first-order valence-corrected chi connectivity index (χ1v) is 9.70. The fourth-order valence-electron chi connectivity index (χ4n) is 2.96. The van der Waals surface area contributed by atoms with E-state index in [1.54, 1.807) is 0 Å². The second kappa shape index (κ2) is 9.08. The standard InChI is InChI=1S/C15H31NO4S/c1-14(2)11-19-9-10-20-12-15(13-21(16,17)18)7-5-3-4-6-8-15/h14H,3-13H2,1-2H3,(H2,16,17,18). The Hall–Kier alpha value is -0.170. The van der Waals surface area contributed by atoms with Crippen molar-refractivity contribution in [3.63, 3.8) is 0 Å². The molecule has 1 saturated carbocycles. The molecular weight excluding hydrogens is 290 g/mol. The minimum atomic E-state index is -3.47. The molecule has 0 amide bonds. The highest BCUT2D eigenvalue weighted by molar-refractivity contribution is 7.89. The molecule has 0 heterocycles. The monoisotopic (exact) mass is 321 g/mol. The minimum Gasteiger partial charge on any atom is -0.379 e. The van der Waals surface area contributed by atoms with Crippen molar-refractivity contribution >= 4 is 10.0 Å². The van der Waals surface area contributed by atoms with Gasteiger partial charge in [-0.15, -0.1) is 0 Å². The molecule has 0 aromatic rings. The van der Waals surface area contributed by atoms with Gasteiger partial charge >= 0.3 is 0 Å². The van der Waals surface area contributed by atoms with Gasteiger partial charge in [0.05, 0.1) is 25.6 Å². The van der Waals surface area contributed by atoms with Crippen molar-refractivity contribution in [2.45, 2.75) is 52.4 Å². The lowest BCUT2D eigenvalue weighted by Crippen LogP contribution is -2.37. The maximum atomic E-state index is 11.5. The predicted molar refractivity (Wildman–Crippen MR) is 84.6 cm³/mol. The van der Waals surface area contributed by atoms with E-state index in [-0.39, 0.29) is 11.2 Å². The molecule has 0 radical (unpaired) electrons. The van der Waals surface area contributed by atoms with Gasteiger partial charge < -0.3 is 9.47 Å². The minimum absolute atomic E-state index is 0.0346. The van der Waals surface area contributed by atoms with Gasteiger partial charge in [-0.1, -0.05) is 39.5 Å². The van der Waals surface area contributed by atoms with Crippen LogP contribution in [0.15, 0.2) is 0 Å². The van der Waals surface area contributed by atoms with Gasteiger partial charge in [-0.25, -0.2) is 13.6 Å². The van der Waals surface area contributed by atoms with Crippen molar-refractivity contribution in [1.82, 2.24) is 0 Å². The number of primary sulfonamides is 1. The fourth-order valence-corrected chi connectivity index (χ4v) is 4.19. The maximum Gasteiger partial charge on any atom is 0.209 e. The molecule has 0 atom stereocenters. The van der Waals surface area contributed by atoms with E-state index < -0.39 is 10.0 Å². The fraction of sp³-hybridized carbons (Fsp3) is 1.00. The Balaban J connectivity index is 2.42. The van der Waals surface area contributed by atoms with Crippen LogP contribution in [0.2, 0.25) is 0 Å². The number of hydrogen-bond acceptors (Lipinski definition) is 4. The van der Waals surface area contributed by atoms with E-state index in [0.29, 0.717) is 25.7 Å². The Morgan fingerprint density at radius 3 is 2.14 bits per heavy atom. The molecule has 1 aliphatic carbocycles. The summed E-state index contributed by atoms with van der Waals surface area (Å²) in [5, 5.41) is 5.28. The number of hydrogen-bond donors (Lipinski definition) is 1. The average Bonchev–Trinajstić information content (AvgIpc) is 2.57. The molecule has 0 aliphatic heterocycles. The molecule has 0 spiro atoms. The normalized spacial score (nSPS) is 19.6. The lowest BCUT2D eigenvalue weighted by molar-refractivity contribution is 0.00112. The number of rotatable bonds is 9. The van der Waals surface area contributed by atoms with Crippen LogP contribution in [-0.4, -0.2) is 40.6 Å². The number of ether oxygens (including phenoxy) is 2. The summed E-state index contributed by atoms with van der Waals surface area (Å²) in [6, 6.07) is 0. The third-order valence-corrected chi connectivity index (χ3v) is 4.92. The zero-order valence-electron chi connectivity index (χ0n) is 13.5. The predicted octanol–water partition coefficient (Wildman–Crippen LogP) is 2.30. The molecular formula is C15H31NO4S. The average molecular weight is 321 g/mol. The molecule has 0 saturated heterocycles. The Bertz CT molecular complexity index is 373. The third-order valence-electron chi connectivity index (χ3n) is 3.90. The van der Waals surface area contributed by atoms with E-state index in [1.807, 2.05) is 0 Å². The van der Waals surface area contributed by atoms with E-state index in [0.717, 1.165) is 32.3 Å². The van der Waals surface area contributed by atoms with Crippen LogP contribution in [0.3, 0.4) is 0 Å². The second-order valence-electron chi connectivity index (χ2n) is 6.74. The van der Waals surface area contributed by atoms with E-state index >= 15 is 0 Å². The van der Waals surface area contributed by atoms with Gasteiger partial charge in [0.15, 0.2) is 0 Å². The summed E-state index contributed by atoms with van der Waals surface area (Å²) >= 11 is 0. The molecule has 1 fully saturated rings. The van der Waals surface area contributed by atoms with Crippen molar-refractivity contribution in [1.29, 1.82) is 0 Å². The summed E-state index contributed by atoms with van der Waals surface area (Å²) in [5.41, 5.74) is -0.303. The van der Waals surface area contributed by atoms with Crippen LogP contribution < -0.4 is 5.14 Å². The summed E-state index contributed by atoms with van der Waals surface area (Å²) in [5.74, 6) is 0.549. The van der Waals surface area contributed by atoms with Crippen LogP contribution in [0.25, 0.3) is 0 Å². The van der Waals surface area contributed by atoms with Gasteiger partial charge in [0.2, 0.25) is 10.0 Å². The highest BCUT2D eigenvalue weighted by Crippen LogP contribution is 2.36. The first-order valence-electron chi connectivity index (χ1n) is 7.99. The molecule has 1 aliphatic rings. The van der Waals surface area contributed by atoms with Crippen molar-refractivity contribution in [3.05, 3.63) is 0 Å². The zero-order chi connectivity index (χ0) is 15.8. The Morgan fingerprint density at radius 2 is 1.62 bits per heavy atom. The Labute approximate surface area is 129 Å². The summed E-state index contributed by atoms with van der Waals surface area (Å²) < 4.78 is 34.2. The molecule has 2 N–H and O–H groups in total. The molecule has 1 rings (SSSR count). The van der Waals surface area contributed by atoms with Gasteiger partial charge in [-0.3, -0.25) is 0 Å². The quantitative estimate of drug-likeness (QED) is 0.522. The van der Waals surface area contributed by atoms with Gasteiger partial charge in [0.1, 0.15) is 0 Å². The lowest BCUT2D eigenvalue weighted by Gasteiger charge is -2.31. The number of sulfonamides is 1. The molecule has 126 valence electrons. The molecule has 0 aromatic heterocycles. The second-order valence-corrected chi connectivity index (χ2v) is 8.36. The molecule has 0 aromatic carbocycles. The third kappa shape index (κ3) is 8.76. The van der Waals surface area contributed by atoms with E-state index in [1.165, 1.54) is 12.8 Å². The van der Waals surface area contributed by atoms with Gasteiger partial charge in [0, 0.05) is 12.0 Å². The van der Waals surface area contributed by atoms with Gasteiger partial charge in [-0.2, -0.15) is 0 Å². The smallest absolute Gasteiger partial charge is 0.209 e. The van der Waals surface area contributed by atoms with E-state index in [9.17, 15) is 8.42 Å². The van der Waals surface area contributed by atoms with Crippen LogP contribution in [0.5, 0.6) is 0 Å². The maximum absolute atomic E-state index is 11.5. The molecule has 0 unspecified atom stereocenters. The Kier molecular flexibility index (Phi) is 8.16. The Morgan fingerprint density at radius 1 is 1.05 bits per heavy atom. The van der Waals surface area contributed by atoms with Gasteiger partial charge in [-0.05, 0) is 18.8 Å². The SMILES string of the molecule is CC(C)COCCOCC1(CS(N)(=O)=O)CCCCCC1. The molecule has 21 heavy (non-hydrogen) atoms. The van der Waals surface area contributed by atoms with Gasteiger partial charge in [0.25, 0.3) is 0 Å². The summed E-state index contributed by atoms with van der Waals surface area (Å²) in [6.45, 7) is 6.48. The van der Waals surface area contributed by atoms with Crippen LogP contribution >= 0.6 is 0 Å². The highest BCUT2D eigenvalue weighted by Gasteiger charge is 2.35. The zero-order valence-corrected chi connectivity index (χ0v) is 14.3. The summed E-state index contributed by atoms with van der Waals surface area (Å²) in [4.78, 5) is 0. The van der Waals surface area contributed by atoms with E-state index in [4.69, 9.17) is 14.6 Å². The number of nitrogens with two attached hydrogens (primary N) is 1. The van der Waals surface area contributed by atoms with Crippen LogP contribution in [0.4, 0.5) is 0 Å². The molecule has 6 heteroatoms. The summed E-state index contributed by atoms with van der Waals surface area (Å²) in [6.07, 6.45) is 6.23. The van der Waals surface area contributed by atoms with E-state index in [2.05, 4.69) is 13.8 Å². The highest BCUT2D eigenvalue weighted by atomic mass is 32.2. The first-order chi connectivity index (χ1) is 9.83. The topological polar surface area (TPSA) is 78.6 Å². The van der Waals surface area contributed by atoms with Crippen molar-refractivity contribution in [2.75, 3.05) is 32.2 Å².